The fourth-order valence-corrected chi connectivity index (χ4v) is 3.26. The molecule has 1 aromatic heterocycles. The molecule has 0 saturated heterocycles. The third kappa shape index (κ3) is 5.35. The normalized spacial score (nSPS) is 11.8. The lowest BCUT2D eigenvalue weighted by Crippen LogP contribution is -2.27. The molecule has 0 bridgehead atoms. The number of nitrogens with zero attached hydrogens (tertiary/aromatic N) is 2. The number of non-ortho nitro benzene ring substituents is 1. The highest BCUT2D eigenvalue weighted by Crippen LogP contribution is 2.21. The Kier molecular flexibility index (Phi) is 6.49. The Morgan fingerprint density at radius 1 is 1.23 bits per heavy atom. The number of nitro groups is 1. The van der Waals surface area contributed by atoms with E-state index in [0.29, 0.717) is 17.6 Å². The molecular weight excluding hydrogens is 404 g/mol. The zero-order chi connectivity index (χ0) is 22.5. The van der Waals surface area contributed by atoms with E-state index < -0.39 is 10.7 Å². The molecule has 2 amide bonds. The van der Waals surface area contributed by atoms with Crippen LogP contribution in [0.15, 0.2) is 51.7 Å². The van der Waals surface area contributed by atoms with Crippen LogP contribution in [-0.4, -0.2) is 21.3 Å². The van der Waals surface area contributed by atoms with Gasteiger partial charge in [-0.05, 0) is 37.1 Å². The van der Waals surface area contributed by atoms with Crippen LogP contribution in [0, 0.1) is 10.1 Å². The summed E-state index contributed by atoms with van der Waals surface area (Å²) in [5, 5.41) is 16.4. The number of nitro benzene ring substituents is 1. The monoisotopic (exact) mass is 426 g/mol. The van der Waals surface area contributed by atoms with Crippen molar-refractivity contribution in [1.82, 2.24) is 9.88 Å². The number of benzene rings is 2. The van der Waals surface area contributed by atoms with Gasteiger partial charge in [0.15, 0.2) is 5.58 Å². The molecule has 0 saturated carbocycles. The van der Waals surface area contributed by atoms with Crippen molar-refractivity contribution in [2.24, 2.45) is 0 Å². The number of oxazole rings is 1. The number of aryl methyl sites for hydroxylation is 1. The standard InChI is InChI=1S/C21H22N4O6/c1-13(15-5-3-6-16(11-15)23-14(2)26)22-20(27)7-4-10-24-18-9-8-17(25(29)30)12-19(18)31-21(24)28/h3,5-6,8-9,11-13H,4,7,10H2,1-2H3,(H,22,27)(H,23,26). The van der Waals surface area contributed by atoms with Crippen molar-refractivity contribution < 1.29 is 18.9 Å². The largest absolute Gasteiger partial charge is 0.419 e. The number of carbonyl (C=O) groups is 2. The number of nitrogens with one attached hydrogen (secondary N) is 2. The molecule has 0 fully saturated rings. The molecule has 10 heteroatoms. The van der Waals surface area contributed by atoms with Crippen molar-refractivity contribution in [2.45, 2.75) is 39.3 Å². The maximum Gasteiger partial charge on any atom is 0.419 e. The summed E-state index contributed by atoms with van der Waals surface area (Å²) in [6.07, 6.45) is 0.567. The Balaban J connectivity index is 1.58. The summed E-state index contributed by atoms with van der Waals surface area (Å²) < 4.78 is 6.43. The first-order chi connectivity index (χ1) is 14.7. The van der Waals surface area contributed by atoms with E-state index in [1.807, 2.05) is 13.0 Å². The number of fused-ring (bicyclic) bond motifs is 1. The zero-order valence-electron chi connectivity index (χ0n) is 17.1. The van der Waals surface area contributed by atoms with Crippen molar-refractivity contribution in [2.75, 3.05) is 5.32 Å². The minimum Gasteiger partial charge on any atom is -0.407 e. The summed E-state index contributed by atoms with van der Waals surface area (Å²) >= 11 is 0. The van der Waals surface area contributed by atoms with Gasteiger partial charge in [-0.25, -0.2) is 4.79 Å². The topological polar surface area (TPSA) is 136 Å². The number of rotatable bonds is 8. The lowest BCUT2D eigenvalue weighted by atomic mass is 10.1. The van der Waals surface area contributed by atoms with Gasteiger partial charge in [0.25, 0.3) is 5.69 Å². The van der Waals surface area contributed by atoms with Crippen LogP contribution < -0.4 is 16.4 Å². The molecule has 1 atom stereocenters. The van der Waals surface area contributed by atoms with Crippen molar-refractivity contribution in [3.8, 4) is 0 Å². The molecule has 1 unspecified atom stereocenters. The highest BCUT2D eigenvalue weighted by Gasteiger charge is 2.15. The van der Waals surface area contributed by atoms with Gasteiger partial charge in [0.2, 0.25) is 11.8 Å². The smallest absolute Gasteiger partial charge is 0.407 e. The summed E-state index contributed by atoms with van der Waals surface area (Å²) in [5.41, 5.74) is 1.91. The molecule has 10 nitrogen and oxygen atoms in total. The van der Waals surface area contributed by atoms with Gasteiger partial charge in [0.1, 0.15) is 0 Å². The SMILES string of the molecule is CC(=O)Nc1cccc(C(C)NC(=O)CCCn2c(=O)oc3cc([N+](=O)[O-])ccc32)c1. The fraction of sp³-hybridized carbons (Fsp3) is 0.286. The van der Waals surface area contributed by atoms with Gasteiger partial charge in [-0.2, -0.15) is 0 Å². The number of aromatic nitrogens is 1. The Bertz CT molecular complexity index is 1200. The number of amides is 2. The Morgan fingerprint density at radius 2 is 2.00 bits per heavy atom. The second-order valence-electron chi connectivity index (χ2n) is 7.13. The molecule has 0 spiro atoms. The Morgan fingerprint density at radius 3 is 2.71 bits per heavy atom. The predicted molar refractivity (Wildman–Crippen MR) is 114 cm³/mol. The van der Waals surface area contributed by atoms with Gasteiger partial charge in [-0.15, -0.1) is 0 Å². The highest BCUT2D eigenvalue weighted by atomic mass is 16.6. The molecule has 2 N–H and O–H groups in total. The quantitative estimate of drug-likeness (QED) is 0.419. The van der Waals surface area contributed by atoms with Crippen LogP contribution >= 0.6 is 0 Å². The summed E-state index contributed by atoms with van der Waals surface area (Å²) in [6, 6.07) is 10.9. The predicted octanol–water partition coefficient (Wildman–Crippen LogP) is 3.12. The van der Waals surface area contributed by atoms with E-state index in [1.54, 1.807) is 18.2 Å². The maximum absolute atomic E-state index is 12.3. The minimum atomic E-state index is -0.626. The maximum atomic E-state index is 12.3. The average Bonchev–Trinajstić information content (AvgIpc) is 3.02. The summed E-state index contributed by atoms with van der Waals surface area (Å²) in [5.74, 6) is -0.988. The fourth-order valence-electron chi connectivity index (χ4n) is 3.26. The average molecular weight is 426 g/mol. The van der Waals surface area contributed by atoms with Crippen LogP contribution in [0.1, 0.15) is 38.3 Å². The van der Waals surface area contributed by atoms with Crippen LogP contribution in [0.3, 0.4) is 0 Å². The van der Waals surface area contributed by atoms with Crippen LogP contribution in [0.25, 0.3) is 11.1 Å². The summed E-state index contributed by atoms with van der Waals surface area (Å²) in [7, 11) is 0. The molecule has 0 aliphatic heterocycles. The molecule has 0 radical (unpaired) electrons. The Hall–Kier alpha value is -3.95. The molecular formula is C21H22N4O6. The van der Waals surface area contributed by atoms with Crippen LogP contribution in [0.4, 0.5) is 11.4 Å². The van der Waals surface area contributed by atoms with E-state index >= 15 is 0 Å². The van der Waals surface area contributed by atoms with Gasteiger partial charge in [-0.3, -0.25) is 24.3 Å². The number of anilines is 1. The summed E-state index contributed by atoms with van der Waals surface area (Å²) in [6.45, 7) is 3.50. The van der Waals surface area contributed by atoms with E-state index in [2.05, 4.69) is 10.6 Å². The minimum absolute atomic E-state index is 0.135. The number of carbonyl (C=O) groups excluding carboxylic acids is 2. The van der Waals surface area contributed by atoms with Crippen molar-refractivity contribution in [3.05, 3.63) is 68.7 Å². The molecule has 3 rings (SSSR count). The first-order valence-electron chi connectivity index (χ1n) is 9.69. The number of hydrogen-bond acceptors (Lipinski definition) is 6. The van der Waals surface area contributed by atoms with Crippen LogP contribution in [0.5, 0.6) is 0 Å². The third-order valence-electron chi connectivity index (χ3n) is 4.73. The summed E-state index contributed by atoms with van der Waals surface area (Å²) in [4.78, 5) is 45.9. The number of hydrogen-bond donors (Lipinski definition) is 2. The first-order valence-corrected chi connectivity index (χ1v) is 9.69. The van der Waals surface area contributed by atoms with Crippen molar-refractivity contribution >= 4 is 34.3 Å². The van der Waals surface area contributed by atoms with Gasteiger partial charge in [0.05, 0.1) is 22.5 Å². The molecule has 1 heterocycles. The third-order valence-corrected chi connectivity index (χ3v) is 4.73. The van der Waals surface area contributed by atoms with Crippen LogP contribution in [0.2, 0.25) is 0 Å². The second kappa shape index (κ2) is 9.24. The molecule has 31 heavy (non-hydrogen) atoms. The van der Waals surface area contributed by atoms with Crippen molar-refractivity contribution in [1.29, 1.82) is 0 Å². The molecule has 0 aliphatic rings. The van der Waals surface area contributed by atoms with E-state index in [0.717, 1.165) is 5.56 Å². The lowest BCUT2D eigenvalue weighted by molar-refractivity contribution is -0.384. The lowest BCUT2D eigenvalue weighted by Gasteiger charge is -2.15. The molecule has 0 aliphatic carbocycles. The van der Waals surface area contributed by atoms with Gasteiger partial charge in [-0.1, -0.05) is 12.1 Å². The van der Waals surface area contributed by atoms with E-state index in [9.17, 15) is 24.5 Å². The van der Waals surface area contributed by atoms with Gasteiger partial charge in [0, 0.05) is 31.6 Å². The molecule has 2 aromatic carbocycles. The van der Waals surface area contributed by atoms with Gasteiger partial charge >= 0.3 is 5.76 Å². The highest BCUT2D eigenvalue weighted by molar-refractivity contribution is 5.88. The first kappa shape index (κ1) is 21.8. The van der Waals surface area contributed by atoms with Gasteiger partial charge < -0.3 is 15.1 Å². The Labute approximate surface area is 177 Å². The van der Waals surface area contributed by atoms with Crippen LogP contribution in [-0.2, 0) is 16.1 Å². The van der Waals surface area contributed by atoms with E-state index in [-0.39, 0.29) is 42.1 Å². The molecule has 3 aromatic rings. The van der Waals surface area contributed by atoms with E-state index in [4.69, 9.17) is 4.42 Å². The van der Waals surface area contributed by atoms with E-state index in [1.165, 1.54) is 29.7 Å². The second-order valence-corrected chi connectivity index (χ2v) is 7.13. The van der Waals surface area contributed by atoms with Crippen molar-refractivity contribution in [3.63, 3.8) is 0 Å². The molecule has 162 valence electrons. The zero-order valence-corrected chi connectivity index (χ0v) is 17.1.